The van der Waals surface area contributed by atoms with Crippen molar-refractivity contribution in [2.24, 2.45) is 0 Å². The van der Waals surface area contributed by atoms with E-state index in [9.17, 15) is 4.79 Å². The molecule has 0 saturated carbocycles. The highest BCUT2D eigenvalue weighted by Gasteiger charge is 2.10. The van der Waals surface area contributed by atoms with Gasteiger partial charge in [0.1, 0.15) is 0 Å². The molecule has 82 valence electrons. The van der Waals surface area contributed by atoms with Crippen LogP contribution in [0, 0.1) is 13.8 Å². The van der Waals surface area contributed by atoms with Gasteiger partial charge in [0.25, 0.3) is 0 Å². The summed E-state index contributed by atoms with van der Waals surface area (Å²) in [5.41, 5.74) is 3.66. The van der Waals surface area contributed by atoms with Crippen LogP contribution in [0.15, 0.2) is 18.2 Å². The van der Waals surface area contributed by atoms with Crippen LogP contribution in [-0.4, -0.2) is 5.91 Å². The fourth-order valence-electron chi connectivity index (χ4n) is 1.65. The van der Waals surface area contributed by atoms with Gasteiger partial charge in [-0.2, -0.15) is 0 Å². The standard InChI is InChI=1S/C13H19NO/c1-5-13(15)14-11(4)12-8-9(2)6-7-10(12)3/h6-8,11H,5H2,1-4H3,(H,14,15). The number of benzene rings is 1. The molecular formula is C13H19NO. The first kappa shape index (κ1) is 11.8. The first-order valence-electron chi connectivity index (χ1n) is 5.41. The second-order valence-electron chi connectivity index (χ2n) is 4.00. The molecule has 1 N–H and O–H groups in total. The molecule has 1 aromatic carbocycles. The molecule has 1 atom stereocenters. The van der Waals surface area contributed by atoms with Crippen LogP contribution >= 0.6 is 0 Å². The van der Waals surface area contributed by atoms with Crippen LogP contribution in [0.1, 0.15) is 43.0 Å². The maximum Gasteiger partial charge on any atom is 0.220 e. The Morgan fingerprint density at radius 1 is 1.40 bits per heavy atom. The van der Waals surface area contributed by atoms with Crippen LogP contribution in [-0.2, 0) is 4.79 Å². The van der Waals surface area contributed by atoms with Gasteiger partial charge in [-0.1, -0.05) is 30.7 Å². The van der Waals surface area contributed by atoms with E-state index >= 15 is 0 Å². The number of rotatable bonds is 3. The molecule has 0 spiro atoms. The van der Waals surface area contributed by atoms with Crippen molar-refractivity contribution in [3.63, 3.8) is 0 Å². The number of aryl methyl sites for hydroxylation is 2. The van der Waals surface area contributed by atoms with Crippen LogP contribution in [0.3, 0.4) is 0 Å². The summed E-state index contributed by atoms with van der Waals surface area (Å²) < 4.78 is 0. The molecule has 2 heteroatoms. The normalized spacial score (nSPS) is 12.3. The molecule has 0 saturated heterocycles. The topological polar surface area (TPSA) is 29.1 Å². The third-order valence-corrected chi connectivity index (χ3v) is 2.60. The third-order valence-electron chi connectivity index (χ3n) is 2.60. The largest absolute Gasteiger partial charge is 0.350 e. The molecule has 0 aliphatic carbocycles. The van der Waals surface area contributed by atoms with E-state index in [2.05, 4.69) is 37.4 Å². The molecule has 1 amide bonds. The number of carbonyl (C=O) groups excluding carboxylic acids is 1. The number of amides is 1. The number of hydrogen-bond acceptors (Lipinski definition) is 1. The van der Waals surface area contributed by atoms with Crippen molar-refractivity contribution in [1.82, 2.24) is 5.32 Å². The van der Waals surface area contributed by atoms with Crippen LogP contribution in [0.2, 0.25) is 0 Å². The van der Waals surface area contributed by atoms with Crippen molar-refractivity contribution in [3.05, 3.63) is 34.9 Å². The first-order chi connectivity index (χ1) is 7.04. The van der Waals surface area contributed by atoms with E-state index < -0.39 is 0 Å². The molecule has 1 aromatic rings. The van der Waals surface area contributed by atoms with Gasteiger partial charge >= 0.3 is 0 Å². The second-order valence-corrected chi connectivity index (χ2v) is 4.00. The molecule has 0 aliphatic rings. The Balaban J connectivity index is 2.85. The molecule has 2 nitrogen and oxygen atoms in total. The van der Waals surface area contributed by atoms with Crippen molar-refractivity contribution in [1.29, 1.82) is 0 Å². The van der Waals surface area contributed by atoms with E-state index in [-0.39, 0.29) is 11.9 Å². The minimum Gasteiger partial charge on any atom is -0.350 e. The molecule has 0 radical (unpaired) electrons. The predicted molar refractivity (Wildman–Crippen MR) is 62.8 cm³/mol. The van der Waals surface area contributed by atoms with E-state index in [1.807, 2.05) is 13.8 Å². The van der Waals surface area contributed by atoms with Crippen LogP contribution in [0.5, 0.6) is 0 Å². The van der Waals surface area contributed by atoms with Gasteiger partial charge in [-0.05, 0) is 31.9 Å². The minimum atomic E-state index is 0.0948. The lowest BCUT2D eigenvalue weighted by Gasteiger charge is -2.16. The van der Waals surface area contributed by atoms with E-state index in [4.69, 9.17) is 0 Å². The van der Waals surface area contributed by atoms with Gasteiger partial charge in [0.15, 0.2) is 0 Å². The molecule has 0 aromatic heterocycles. The average Bonchev–Trinajstić information content (AvgIpc) is 2.21. The Bertz CT molecular complexity index is 358. The van der Waals surface area contributed by atoms with Gasteiger partial charge in [0, 0.05) is 6.42 Å². The van der Waals surface area contributed by atoms with Crippen molar-refractivity contribution < 1.29 is 4.79 Å². The SMILES string of the molecule is CCC(=O)NC(C)c1cc(C)ccc1C. The molecule has 0 bridgehead atoms. The first-order valence-corrected chi connectivity index (χ1v) is 5.41. The quantitative estimate of drug-likeness (QED) is 0.807. The molecule has 0 heterocycles. The fourth-order valence-corrected chi connectivity index (χ4v) is 1.65. The summed E-state index contributed by atoms with van der Waals surface area (Å²) in [5, 5.41) is 2.97. The maximum atomic E-state index is 11.3. The van der Waals surface area contributed by atoms with Gasteiger partial charge in [0.2, 0.25) is 5.91 Å². The van der Waals surface area contributed by atoms with Crippen molar-refractivity contribution in [3.8, 4) is 0 Å². The summed E-state index contributed by atoms with van der Waals surface area (Å²) in [5.74, 6) is 0.100. The van der Waals surface area contributed by atoms with Gasteiger partial charge in [-0.25, -0.2) is 0 Å². The maximum absolute atomic E-state index is 11.3. The summed E-state index contributed by atoms with van der Waals surface area (Å²) >= 11 is 0. The summed E-state index contributed by atoms with van der Waals surface area (Å²) in [6, 6.07) is 6.42. The van der Waals surface area contributed by atoms with E-state index in [0.717, 1.165) is 0 Å². The second kappa shape index (κ2) is 4.96. The highest BCUT2D eigenvalue weighted by molar-refractivity contribution is 5.76. The smallest absolute Gasteiger partial charge is 0.220 e. The zero-order valence-electron chi connectivity index (χ0n) is 9.92. The Hall–Kier alpha value is -1.31. The molecular weight excluding hydrogens is 186 g/mol. The summed E-state index contributed by atoms with van der Waals surface area (Å²) in [7, 11) is 0. The zero-order chi connectivity index (χ0) is 11.4. The fraction of sp³-hybridized carbons (Fsp3) is 0.462. The van der Waals surface area contributed by atoms with Crippen molar-refractivity contribution in [2.75, 3.05) is 0 Å². The molecule has 0 fully saturated rings. The van der Waals surface area contributed by atoms with Gasteiger partial charge in [0.05, 0.1) is 6.04 Å². The highest BCUT2D eigenvalue weighted by atomic mass is 16.1. The minimum absolute atomic E-state index is 0.0948. The summed E-state index contributed by atoms with van der Waals surface area (Å²) in [6.07, 6.45) is 0.537. The molecule has 1 rings (SSSR count). The monoisotopic (exact) mass is 205 g/mol. The lowest BCUT2D eigenvalue weighted by Crippen LogP contribution is -2.26. The Morgan fingerprint density at radius 3 is 2.67 bits per heavy atom. The average molecular weight is 205 g/mol. The number of carbonyl (C=O) groups is 1. The van der Waals surface area contributed by atoms with Crippen molar-refractivity contribution in [2.45, 2.75) is 40.2 Å². The van der Waals surface area contributed by atoms with Gasteiger partial charge in [-0.15, -0.1) is 0 Å². The molecule has 0 aliphatic heterocycles. The predicted octanol–water partition coefficient (Wildman–Crippen LogP) is 2.89. The lowest BCUT2D eigenvalue weighted by molar-refractivity contribution is -0.121. The summed E-state index contributed by atoms with van der Waals surface area (Å²) in [4.78, 5) is 11.3. The van der Waals surface area contributed by atoms with Gasteiger partial charge < -0.3 is 5.32 Å². The number of hydrogen-bond donors (Lipinski definition) is 1. The lowest BCUT2D eigenvalue weighted by atomic mass is 10.00. The Kier molecular flexibility index (Phi) is 3.89. The van der Waals surface area contributed by atoms with Crippen molar-refractivity contribution >= 4 is 5.91 Å². The van der Waals surface area contributed by atoms with Crippen LogP contribution in [0.25, 0.3) is 0 Å². The Morgan fingerprint density at radius 2 is 2.07 bits per heavy atom. The Labute approximate surface area is 91.7 Å². The van der Waals surface area contributed by atoms with Gasteiger partial charge in [-0.3, -0.25) is 4.79 Å². The van der Waals surface area contributed by atoms with Crippen LogP contribution in [0.4, 0.5) is 0 Å². The van der Waals surface area contributed by atoms with E-state index in [1.165, 1.54) is 16.7 Å². The zero-order valence-corrected chi connectivity index (χ0v) is 9.92. The number of nitrogens with one attached hydrogen (secondary N) is 1. The summed E-state index contributed by atoms with van der Waals surface area (Å²) in [6.45, 7) is 8.03. The van der Waals surface area contributed by atoms with E-state index in [0.29, 0.717) is 6.42 Å². The molecule has 15 heavy (non-hydrogen) atoms. The third kappa shape index (κ3) is 3.08. The van der Waals surface area contributed by atoms with Crippen LogP contribution < -0.4 is 5.32 Å². The highest BCUT2D eigenvalue weighted by Crippen LogP contribution is 2.18. The molecule has 1 unspecified atom stereocenters. The van der Waals surface area contributed by atoms with E-state index in [1.54, 1.807) is 0 Å².